The van der Waals surface area contributed by atoms with Crippen LogP contribution in [0, 0.1) is 0 Å². The average molecular weight is 314 g/mol. The number of fused-ring (bicyclic) bond motifs is 1. The van der Waals surface area contributed by atoms with Gasteiger partial charge in [-0.25, -0.2) is 4.72 Å². The van der Waals surface area contributed by atoms with Crippen molar-refractivity contribution in [3.8, 4) is 17.2 Å². The molecule has 0 unspecified atom stereocenters. The van der Waals surface area contributed by atoms with Gasteiger partial charge in [0.1, 0.15) is 17.2 Å². The Hall–Kier alpha value is -1.85. The molecule has 2 aromatic carbocycles. The zero-order valence-corrected chi connectivity index (χ0v) is 13.2. The Labute approximate surface area is 134 Å². The Kier molecular flexibility index (Phi) is 3.60. The van der Waals surface area contributed by atoms with Crippen LogP contribution in [0.5, 0.6) is 17.2 Å². The lowest BCUT2D eigenvalue weighted by molar-refractivity contribution is 0.413. The van der Waals surface area contributed by atoms with E-state index in [9.17, 15) is 0 Å². The normalized spacial score (nSPS) is 17.0. The van der Waals surface area contributed by atoms with E-state index in [1.807, 2.05) is 30.3 Å². The summed E-state index contributed by atoms with van der Waals surface area (Å²) in [4.78, 5) is 3.67. The molecule has 22 heavy (non-hydrogen) atoms. The highest BCUT2D eigenvalue weighted by Gasteiger charge is 2.32. The minimum absolute atomic E-state index is 0.709. The molecule has 114 valence electrons. The second-order valence-corrected chi connectivity index (χ2v) is 6.45. The number of nitrogens with zero attached hydrogens (tertiary/aromatic N) is 1. The number of anilines is 1. The molecule has 1 heterocycles. The molecular formula is C17H18N2O2S. The van der Waals surface area contributed by atoms with Crippen molar-refractivity contribution in [2.24, 2.45) is 0 Å². The summed E-state index contributed by atoms with van der Waals surface area (Å²) in [5, 5.41) is 0. The standard InChI is InChI=1S/C17H18N2O2S/c1-20-13-4-6-14(7-5-13)21-15-8-9-16-17(10-15)22-18-11-19(16)12-2-3-12/h4-10,12,18H,2-3,11H2,1H3. The molecule has 0 saturated heterocycles. The lowest BCUT2D eigenvalue weighted by Gasteiger charge is -2.31. The second-order valence-electron chi connectivity index (χ2n) is 5.51. The maximum absolute atomic E-state index is 5.94. The summed E-state index contributed by atoms with van der Waals surface area (Å²) in [7, 11) is 1.66. The fraction of sp³-hybridized carbons (Fsp3) is 0.294. The van der Waals surface area contributed by atoms with Crippen LogP contribution in [0.4, 0.5) is 5.69 Å². The molecule has 0 atom stereocenters. The summed E-state index contributed by atoms with van der Waals surface area (Å²) < 4.78 is 14.5. The van der Waals surface area contributed by atoms with Crippen molar-refractivity contribution < 1.29 is 9.47 Å². The molecule has 0 aromatic heterocycles. The monoisotopic (exact) mass is 314 g/mol. The summed E-state index contributed by atoms with van der Waals surface area (Å²) in [6, 6.07) is 14.7. The zero-order chi connectivity index (χ0) is 14.9. The number of ether oxygens (including phenoxy) is 2. The summed E-state index contributed by atoms with van der Waals surface area (Å²) >= 11 is 1.68. The number of benzene rings is 2. The highest BCUT2D eigenvalue weighted by Crippen LogP contribution is 2.41. The minimum Gasteiger partial charge on any atom is -0.497 e. The molecule has 0 amide bonds. The van der Waals surface area contributed by atoms with Crippen molar-refractivity contribution in [1.82, 2.24) is 4.72 Å². The van der Waals surface area contributed by atoms with Crippen LogP contribution in [0.25, 0.3) is 0 Å². The molecule has 0 radical (unpaired) electrons. The van der Waals surface area contributed by atoms with Crippen molar-refractivity contribution in [3.05, 3.63) is 42.5 Å². The first kappa shape index (κ1) is 13.8. The molecule has 5 heteroatoms. The molecule has 2 aliphatic rings. The molecular weight excluding hydrogens is 296 g/mol. The summed E-state index contributed by atoms with van der Waals surface area (Å²) in [6.45, 7) is 0.918. The molecule has 2 aromatic rings. The van der Waals surface area contributed by atoms with Crippen molar-refractivity contribution in [3.63, 3.8) is 0 Å². The van der Waals surface area contributed by atoms with E-state index in [2.05, 4.69) is 21.8 Å². The predicted octanol–water partition coefficient (Wildman–Crippen LogP) is 4.02. The van der Waals surface area contributed by atoms with Gasteiger partial charge in [-0.3, -0.25) is 0 Å². The van der Waals surface area contributed by atoms with Gasteiger partial charge in [0.2, 0.25) is 0 Å². The van der Waals surface area contributed by atoms with Crippen LogP contribution in [-0.2, 0) is 0 Å². The van der Waals surface area contributed by atoms with Crippen LogP contribution in [-0.4, -0.2) is 19.8 Å². The van der Waals surface area contributed by atoms with Gasteiger partial charge in [0, 0.05) is 10.9 Å². The van der Waals surface area contributed by atoms with Crippen LogP contribution in [0.2, 0.25) is 0 Å². The molecule has 1 saturated carbocycles. The Morgan fingerprint density at radius 3 is 2.50 bits per heavy atom. The van der Waals surface area contributed by atoms with E-state index in [1.165, 1.54) is 23.4 Å². The molecule has 4 rings (SSSR count). The van der Waals surface area contributed by atoms with Crippen molar-refractivity contribution in [2.45, 2.75) is 23.8 Å². The van der Waals surface area contributed by atoms with Gasteiger partial charge in [-0.05, 0) is 67.3 Å². The van der Waals surface area contributed by atoms with Gasteiger partial charge in [0.05, 0.1) is 19.5 Å². The Balaban J connectivity index is 1.55. The van der Waals surface area contributed by atoms with E-state index >= 15 is 0 Å². The minimum atomic E-state index is 0.709. The predicted molar refractivity (Wildman–Crippen MR) is 88.9 cm³/mol. The smallest absolute Gasteiger partial charge is 0.128 e. The summed E-state index contributed by atoms with van der Waals surface area (Å²) in [6.07, 6.45) is 2.60. The Bertz CT molecular complexity index is 671. The lowest BCUT2D eigenvalue weighted by Crippen LogP contribution is -2.36. The lowest BCUT2D eigenvalue weighted by atomic mass is 10.2. The number of nitrogens with one attached hydrogen (secondary N) is 1. The highest BCUT2D eigenvalue weighted by atomic mass is 32.2. The number of hydrogen-bond donors (Lipinski definition) is 1. The van der Waals surface area contributed by atoms with E-state index < -0.39 is 0 Å². The number of rotatable bonds is 4. The van der Waals surface area contributed by atoms with Gasteiger partial charge in [-0.15, -0.1) is 0 Å². The first-order chi connectivity index (χ1) is 10.8. The van der Waals surface area contributed by atoms with Crippen molar-refractivity contribution in [1.29, 1.82) is 0 Å². The maximum Gasteiger partial charge on any atom is 0.128 e. The van der Waals surface area contributed by atoms with Crippen molar-refractivity contribution >= 4 is 17.6 Å². The van der Waals surface area contributed by atoms with Crippen LogP contribution in [0.3, 0.4) is 0 Å². The van der Waals surface area contributed by atoms with Gasteiger partial charge in [-0.2, -0.15) is 0 Å². The fourth-order valence-electron chi connectivity index (χ4n) is 2.63. The van der Waals surface area contributed by atoms with Crippen LogP contribution >= 0.6 is 11.9 Å². The van der Waals surface area contributed by atoms with Crippen molar-refractivity contribution in [2.75, 3.05) is 18.7 Å². The molecule has 0 spiro atoms. The summed E-state index contributed by atoms with van der Waals surface area (Å²) in [5.74, 6) is 2.50. The summed E-state index contributed by atoms with van der Waals surface area (Å²) in [5.41, 5.74) is 1.31. The van der Waals surface area contributed by atoms with Gasteiger partial charge >= 0.3 is 0 Å². The zero-order valence-electron chi connectivity index (χ0n) is 12.4. The Morgan fingerprint density at radius 1 is 1.05 bits per heavy atom. The first-order valence-corrected chi connectivity index (χ1v) is 8.27. The third-order valence-electron chi connectivity index (χ3n) is 3.94. The fourth-order valence-corrected chi connectivity index (χ4v) is 3.46. The number of methoxy groups -OCH3 is 1. The Morgan fingerprint density at radius 2 is 1.77 bits per heavy atom. The highest BCUT2D eigenvalue weighted by molar-refractivity contribution is 7.97. The molecule has 1 aliphatic carbocycles. The molecule has 1 aliphatic heterocycles. The van der Waals surface area contributed by atoms with Gasteiger partial charge in [0.25, 0.3) is 0 Å². The topological polar surface area (TPSA) is 33.7 Å². The van der Waals surface area contributed by atoms with Gasteiger partial charge < -0.3 is 14.4 Å². The van der Waals surface area contributed by atoms with Crippen LogP contribution < -0.4 is 19.1 Å². The SMILES string of the molecule is COc1ccc(Oc2ccc3c(c2)SNCN3C2CC2)cc1. The molecule has 0 bridgehead atoms. The van der Waals surface area contributed by atoms with E-state index in [0.717, 1.165) is 23.9 Å². The maximum atomic E-state index is 5.94. The third kappa shape index (κ3) is 2.74. The number of hydrogen-bond acceptors (Lipinski definition) is 5. The van der Waals surface area contributed by atoms with E-state index in [1.54, 1.807) is 19.1 Å². The average Bonchev–Trinajstić information content (AvgIpc) is 3.40. The van der Waals surface area contributed by atoms with E-state index in [4.69, 9.17) is 9.47 Å². The molecule has 4 nitrogen and oxygen atoms in total. The molecule has 1 fully saturated rings. The first-order valence-electron chi connectivity index (χ1n) is 7.46. The second kappa shape index (κ2) is 5.74. The third-order valence-corrected chi connectivity index (χ3v) is 4.76. The van der Waals surface area contributed by atoms with Gasteiger partial charge in [0.15, 0.2) is 0 Å². The van der Waals surface area contributed by atoms with E-state index in [0.29, 0.717) is 6.04 Å². The largest absolute Gasteiger partial charge is 0.497 e. The quantitative estimate of drug-likeness (QED) is 0.862. The van der Waals surface area contributed by atoms with Crippen LogP contribution in [0.1, 0.15) is 12.8 Å². The van der Waals surface area contributed by atoms with E-state index in [-0.39, 0.29) is 0 Å². The van der Waals surface area contributed by atoms with Crippen LogP contribution in [0.15, 0.2) is 47.4 Å². The van der Waals surface area contributed by atoms with Gasteiger partial charge in [-0.1, -0.05) is 0 Å². The molecule has 1 N–H and O–H groups in total.